The fourth-order valence-electron chi connectivity index (χ4n) is 3.62. The molecular weight excluding hydrogens is 452 g/mol. The van der Waals surface area contributed by atoms with Gasteiger partial charge in [-0.3, -0.25) is 14.4 Å². The molecule has 0 spiro atoms. The molecule has 1 aliphatic carbocycles. The zero-order valence-electron chi connectivity index (χ0n) is 19.8. The molecule has 2 aromatic rings. The Bertz CT molecular complexity index is 1050. The van der Waals surface area contributed by atoms with Crippen LogP contribution in [0.25, 0.3) is 0 Å². The summed E-state index contributed by atoms with van der Waals surface area (Å²) in [5, 5.41) is 9.27. The van der Waals surface area contributed by atoms with E-state index in [1.54, 1.807) is 36.4 Å². The molecule has 0 bridgehead atoms. The van der Waals surface area contributed by atoms with Crippen molar-refractivity contribution in [2.24, 2.45) is 5.10 Å². The highest BCUT2D eigenvalue weighted by atomic mass is 16.5. The molecule has 0 heterocycles. The molecule has 3 N–H and O–H groups in total. The largest absolute Gasteiger partial charge is 0.497 e. The zero-order valence-corrected chi connectivity index (χ0v) is 19.8. The molecular formula is C25H30N4O6. The fraction of sp³-hybridized carbons (Fsp3) is 0.360. The Balaban J connectivity index is 1.44. The van der Waals surface area contributed by atoms with Crippen LogP contribution in [0.5, 0.6) is 17.2 Å². The van der Waals surface area contributed by atoms with Gasteiger partial charge in [0.15, 0.2) is 6.61 Å². The van der Waals surface area contributed by atoms with Gasteiger partial charge in [0, 0.05) is 12.1 Å². The van der Waals surface area contributed by atoms with Crippen LogP contribution in [0.1, 0.15) is 37.7 Å². The molecule has 0 radical (unpaired) electrons. The molecule has 0 atom stereocenters. The number of carbonyl (C=O) groups excluding carboxylic acids is 3. The lowest BCUT2D eigenvalue weighted by Gasteiger charge is -2.22. The Hall–Kier alpha value is -4.08. The summed E-state index contributed by atoms with van der Waals surface area (Å²) >= 11 is 0. The van der Waals surface area contributed by atoms with Crippen LogP contribution in [-0.4, -0.2) is 50.8 Å². The average molecular weight is 483 g/mol. The van der Waals surface area contributed by atoms with Crippen LogP contribution < -0.4 is 30.3 Å². The van der Waals surface area contributed by atoms with Gasteiger partial charge in [-0.15, -0.1) is 0 Å². The second-order valence-corrected chi connectivity index (χ2v) is 7.98. The van der Waals surface area contributed by atoms with Crippen molar-refractivity contribution in [1.82, 2.24) is 10.7 Å². The van der Waals surface area contributed by atoms with Crippen LogP contribution in [0.2, 0.25) is 0 Å². The van der Waals surface area contributed by atoms with Crippen molar-refractivity contribution in [3.8, 4) is 17.2 Å². The van der Waals surface area contributed by atoms with Gasteiger partial charge in [-0.1, -0.05) is 19.3 Å². The summed E-state index contributed by atoms with van der Waals surface area (Å²) in [4.78, 5) is 36.3. The number of nitrogens with zero attached hydrogens (tertiary/aromatic N) is 1. The number of hydrazone groups is 1. The molecule has 3 rings (SSSR count). The van der Waals surface area contributed by atoms with Gasteiger partial charge in [0.05, 0.1) is 26.1 Å². The monoisotopic (exact) mass is 482 g/mol. The number of rotatable bonds is 9. The van der Waals surface area contributed by atoms with Gasteiger partial charge in [-0.2, -0.15) is 5.10 Å². The van der Waals surface area contributed by atoms with Gasteiger partial charge in [0.2, 0.25) is 0 Å². The molecule has 1 saturated carbocycles. The number of methoxy groups -OCH3 is 2. The van der Waals surface area contributed by atoms with Crippen molar-refractivity contribution >= 4 is 29.6 Å². The summed E-state index contributed by atoms with van der Waals surface area (Å²) < 4.78 is 15.8. The van der Waals surface area contributed by atoms with Gasteiger partial charge in [0.25, 0.3) is 5.91 Å². The minimum atomic E-state index is -0.949. The van der Waals surface area contributed by atoms with Crippen molar-refractivity contribution in [2.45, 2.75) is 38.1 Å². The third-order valence-corrected chi connectivity index (χ3v) is 5.46. The molecule has 10 nitrogen and oxygen atoms in total. The first-order valence-electron chi connectivity index (χ1n) is 11.4. The van der Waals surface area contributed by atoms with E-state index in [4.69, 9.17) is 14.2 Å². The van der Waals surface area contributed by atoms with Gasteiger partial charge >= 0.3 is 11.8 Å². The molecule has 0 aromatic heterocycles. The minimum Gasteiger partial charge on any atom is -0.497 e. The summed E-state index contributed by atoms with van der Waals surface area (Å²) in [6.07, 6.45) is 6.96. The summed E-state index contributed by atoms with van der Waals surface area (Å²) in [6.45, 7) is -0.0484. The molecule has 186 valence electrons. The summed E-state index contributed by atoms with van der Waals surface area (Å²) in [5.74, 6) is -0.577. The number of hydrogen-bond donors (Lipinski definition) is 3. The van der Waals surface area contributed by atoms with E-state index in [1.807, 2.05) is 0 Å². The number of amides is 3. The van der Waals surface area contributed by atoms with Crippen molar-refractivity contribution in [3.05, 3.63) is 48.0 Å². The molecule has 0 unspecified atom stereocenters. The van der Waals surface area contributed by atoms with E-state index in [-0.39, 0.29) is 18.6 Å². The first-order valence-corrected chi connectivity index (χ1v) is 11.4. The quantitative estimate of drug-likeness (QED) is 0.286. The third-order valence-electron chi connectivity index (χ3n) is 5.46. The SMILES string of the molecule is COc1ccc(OC)c(NC(=O)C(=O)N/N=C\c2ccc(OCC(=O)NC3CCCCC3)cc2)c1. The van der Waals surface area contributed by atoms with Crippen molar-refractivity contribution in [1.29, 1.82) is 0 Å². The van der Waals surface area contributed by atoms with Crippen molar-refractivity contribution < 1.29 is 28.6 Å². The van der Waals surface area contributed by atoms with E-state index < -0.39 is 11.8 Å². The second-order valence-electron chi connectivity index (χ2n) is 7.98. The predicted molar refractivity (Wildman–Crippen MR) is 131 cm³/mol. The fourth-order valence-corrected chi connectivity index (χ4v) is 3.62. The van der Waals surface area contributed by atoms with Gasteiger partial charge in [0.1, 0.15) is 17.2 Å². The number of nitrogens with one attached hydrogen (secondary N) is 3. The first kappa shape index (κ1) is 25.5. The summed E-state index contributed by atoms with van der Waals surface area (Å²) in [6, 6.07) is 11.9. The van der Waals surface area contributed by atoms with Crippen LogP contribution >= 0.6 is 0 Å². The third kappa shape index (κ3) is 8.02. The van der Waals surface area contributed by atoms with Gasteiger partial charge < -0.3 is 24.8 Å². The highest BCUT2D eigenvalue weighted by Gasteiger charge is 2.17. The zero-order chi connectivity index (χ0) is 25.0. The Labute approximate surface area is 204 Å². The van der Waals surface area contributed by atoms with Gasteiger partial charge in [-0.25, -0.2) is 5.43 Å². The molecule has 2 aromatic carbocycles. The van der Waals surface area contributed by atoms with Gasteiger partial charge in [-0.05, 0) is 54.8 Å². The summed E-state index contributed by atoms with van der Waals surface area (Å²) in [5.41, 5.74) is 3.13. The van der Waals surface area contributed by atoms with Crippen LogP contribution in [0, 0.1) is 0 Å². The van der Waals surface area contributed by atoms with E-state index in [1.165, 1.54) is 32.9 Å². The number of benzene rings is 2. The molecule has 1 fully saturated rings. The Morgan fingerprint density at radius 1 is 0.943 bits per heavy atom. The standard InChI is InChI=1S/C25H30N4O6/c1-33-20-12-13-22(34-2)21(14-20)28-24(31)25(32)29-26-15-17-8-10-19(11-9-17)35-16-23(30)27-18-6-4-3-5-7-18/h8-15,18H,3-7,16H2,1-2H3,(H,27,30)(H,28,31)(H,29,32)/b26-15-. The lowest BCUT2D eigenvalue weighted by atomic mass is 9.95. The number of hydrogen-bond acceptors (Lipinski definition) is 7. The normalized spacial score (nSPS) is 13.7. The minimum absolute atomic E-state index is 0.0484. The van der Waals surface area contributed by atoms with E-state index in [0.717, 1.165) is 25.7 Å². The maximum atomic E-state index is 12.2. The maximum absolute atomic E-state index is 12.2. The Morgan fingerprint density at radius 2 is 1.66 bits per heavy atom. The summed E-state index contributed by atoms with van der Waals surface area (Å²) in [7, 11) is 2.94. The molecule has 0 aliphatic heterocycles. The number of ether oxygens (including phenoxy) is 3. The average Bonchev–Trinajstić information content (AvgIpc) is 2.88. The highest BCUT2D eigenvalue weighted by Crippen LogP contribution is 2.28. The molecule has 10 heteroatoms. The Morgan fingerprint density at radius 3 is 2.34 bits per heavy atom. The van der Waals surface area contributed by atoms with E-state index in [9.17, 15) is 14.4 Å². The second kappa shape index (κ2) is 13.0. The Kier molecular flexibility index (Phi) is 9.47. The van der Waals surface area contributed by atoms with E-state index in [2.05, 4.69) is 21.2 Å². The smallest absolute Gasteiger partial charge is 0.329 e. The maximum Gasteiger partial charge on any atom is 0.329 e. The lowest BCUT2D eigenvalue weighted by Crippen LogP contribution is -2.38. The molecule has 1 aliphatic rings. The van der Waals surface area contributed by atoms with Crippen LogP contribution in [0.4, 0.5) is 5.69 Å². The topological polar surface area (TPSA) is 127 Å². The van der Waals surface area contributed by atoms with E-state index >= 15 is 0 Å². The first-order chi connectivity index (χ1) is 17.0. The van der Waals surface area contributed by atoms with Crippen LogP contribution in [-0.2, 0) is 14.4 Å². The molecule has 3 amide bonds. The molecule has 0 saturated heterocycles. The predicted octanol–water partition coefficient (Wildman–Crippen LogP) is 2.62. The van der Waals surface area contributed by atoms with Crippen molar-refractivity contribution in [3.63, 3.8) is 0 Å². The number of anilines is 1. The van der Waals surface area contributed by atoms with Crippen LogP contribution in [0.15, 0.2) is 47.6 Å². The molecule has 35 heavy (non-hydrogen) atoms. The van der Waals surface area contributed by atoms with Crippen molar-refractivity contribution in [2.75, 3.05) is 26.1 Å². The van der Waals surface area contributed by atoms with Crippen LogP contribution in [0.3, 0.4) is 0 Å². The number of carbonyl (C=O) groups is 3. The highest BCUT2D eigenvalue weighted by molar-refractivity contribution is 6.39. The van der Waals surface area contributed by atoms with E-state index in [0.29, 0.717) is 28.5 Å². The lowest BCUT2D eigenvalue weighted by molar-refractivity contribution is -0.136.